The van der Waals surface area contributed by atoms with Crippen molar-refractivity contribution in [3.8, 4) is 11.5 Å². The molecule has 3 amide bonds. The lowest BCUT2D eigenvalue weighted by molar-refractivity contribution is -0.140. The second kappa shape index (κ2) is 14.3. The van der Waals surface area contributed by atoms with E-state index in [0.29, 0.717) is 53.8 Å². The fraction of sp³-hybridized carbons (Fsp3) is 0.300. The first-order valence-electron chi connectivity index (χ1n) is 13.1. The Morgan fingerprint density at radius 2 is 1.73 bits per heavy atom. The summed E-state index contributed by atoms with van der Waals surface area (Å²) in [6.07, 6.45) is 0.621. The third kappa shape index (κ3) is 7.74. The van der Waals surface area contributed by atoms with Crippen LogP contribution in [0.2, 0.25) is 5.02 Å². The van der Waals surface area contributed by atoms with Crippen LogP contribution >= 0.6 is 11.6 Å². The van der Waals surface area contributed by atoms with Gasteiger partial charge in [-0.15, -0.1) is 0 Å². The monoisotopic (exact) mass is 565 g/mol. The van der Waals surface area contributed by atoms with Gasteiger partial charge in [-0.2, -0.15) is 0 Å². The molecular formula is C30H32ClN3O6. The third-order valence-electron chi connectivity index (χ3n) is 6.26. The van der Waals surface area contributed by atoms with Gasteiger partial charge in [0.2, 0.25) is 18.6 Å². The first-order chi connectivity index (χ1) is 19.5. The molecule has 210 valence electrons. The molecule has 0 saturated carbocycles. The van der Waals surface area contributed by atoms with E-state index in [1.807, 2.05) is 13.0 Å². The topological polar surface area (TPSA) is 106 Å². The highest BCUT2D eigenvalue weighted by molar-refractivity contribution is 6.30. The summed E-state index contributed by atoms with van der Waals surface area (Å²) >= 11 is 6.13. The first-order valence-corrected chi connectivity index (χ1v) is 13.5. The van der Waals surface area contributed by atoms with E-state index in [4.69, 9.17) is 25.8 Å². The lowest BCUT2D eigenvalue weighted by Gasteiger charge is -2.32. The Bertz CT molecular complexity index is 1300. The predicted octanol–water partition coefficient (Wildman–Crippen LogP) is 4.11. The van der Waals surface area contributed by atoms with Crippen LogP contribution < -0.4 is 20.1 Å². The van der Waals surface area contributed by atoms with E-state index in [2.05, 4.69) is 10.6 Å². The van der Waals surface area contributed by atoms with E-state index in [-0.39, 0.29) is 31.7 Å². The van der Waals surface area contributed by atoms with Crippen molar-refractivity contribution in [3.05, 3.63) is 94.5 Å². The molecule has 0 radical (unpaired) electrons. The summed E-state index contributed by atoms with van der Waals surface area (Å²) in [5.41, 5.74) is 1.74. The van der Waals surface area contributed by atoms with Gasteiger partial charge in [0.05, 0.1) is 6.54 Å². The van der Waals surface area contributed by atoms with Gasteiger partial charge in [0.1, 0.15) is 6.04 Å². The number of nitrogens with zero attached hydrogens (tertiary/aromatic N) is 1. The summed E-state index contributed by atoms with van der Waals surface area (Å²) in [5.74, 6) is -0.0159. The Hall–Kier alpha value is -4.08. The smallest absolute Gasteiger partial charge is 0.251 e. The lowest BCUT2D eigenvalue weighted by atomic mass is 10.0. The maximum atomic E-state index is 13.7. The molecule has 1 aliphatic heterocycles. The van der Waals surface area contributed by atoms with E-state index in [1.54, 1.807) is 66.7 Å². The molecule has 0 unspecified atom stereocenters. The van der Waals surface area contributed by atoms with Crippen LogP contribution in [0.25, 0.3) is 0 Å². The van der Waals surface area contributed by atoms with Gasteiger partial charge in [0.25, 0.3) is 5.91 Å². The van der Waals surface area contributed by atoms with Crippen LogP contribution in [0.4, 0.5) is 0 Å². The van der Waals surface area contributed by atoms with Crippen molar-refractivity contribution in [1.82, 2.24) is 15.5 Å². The van der Waals surface area contributed by atoms with Gasteiger partial charge in [-0.1, -0.05) is 48.0 Å². The quantitative estimate of drug-likeness (QED) is 0.302. The normalized spacial score (nSPS) is 12.4. The highest BCUT2D eigenvalue weighted by Gasteiger charge is 2.32. The summed E-state index contributed by atoms with van der Waals surface area (Å²) in [4.78, 5) is 41.5. The van der Waals surface area contributed by atoms with Crippen molar-refractivity contribution < 1.29 is 28.6 Å². The number of benzene rings is 3. The van der Waals surface area contributed by atoms with Crippen molar-refractivity contribution in [2.75, 3.05) is 33.1 Å². The van der Waals surface area contributed by atoms with Crippen molar-refractivity contribution in [1.29, 1.82) is 0 Å². The van der Waals surface area contributed by atoms with Crippen LogP contribution in [0.1, 0.15) is 40.9 Å². The van der Waals surface area contributed by atoms with Crippen LogP contribution in [-0.2, 0) is 20.9 Å². The molecule has 0 aromatic heterocycles. The molecule has 0 fully saturated rings. The van der Waals surface area contributed by atoms with Crippen LogP contribution in [0, 0.1) is 0 Å². The molecule has 3 aromatic rings. The van der Waals surface area contributed by atoms with Gasteiger partial charge in [-0.05, 0) is 60.9 Å². The maximum absolute atomic E-state index is 13.7. The molecule has 9 nitrogen and oxygen atoms in total. The number of amides is 3. The minimum absolute atomic E-state index is 0.0797. The van der Waals surface area contributed by atoms with Crippen molar-refractivity contribution >= 4 is 29.3 Å². The second-order valence-electron chi connectivity index (χ2n) is 9.05. The number of carbonyl (C=O) groups excluding carboxylic acids is 3. The predicted molar refractivity (Wildman–Crippen MR) is 150 cm³/mol. The number of carbonyl (C=O) groups is 3. The molecule has 1 atom stereocenters. The largest absolute Gasteiger partial charge is 0.454 e. The van der Waals surface area contributed by atoms with Crippen molar-refractivity contribution in [2.24, 2.45) is 0 Å². The highest BCUT2D eigenvalue weighted by atomic mass is 35.5. The number of halogens is 1. The number of rotatable bonds is 13. The number of nitrogens with one attached hydrogen (secondary N) is 2. The van der Waals surface area contributed by atoms with E-state index in [0.717, 1.165) is 5.56 Å². The van der Waals surface area contributed by atoms with Crippen LogP contribution in [-0.4, -0.2) is 55.7 Å². The zero-order valence-corrected chi connectivity index (χ0v) is 23.0. The SMILES string of the molecule is CCOCCCNC(=O)[C@@H](c1ccc(Cl)cc1)N(Cc1ccc2c(c1)OCO2)C(=O)CNC(=O)c1ccccc1. The van der Waals surface area contributed by atoms with Crippen molar-refractivity contribution in [3.63, 3.8) is 0 Å². The first kappa shape index (κ1) is 28.9. The van der Waals surface area contributed by atoms with E-state index < -0.39 is 11.9 Å². The van der Waals surface area contributed by atoms with Gasteiger partial charge in [-0.25, -0.2) is 0 Å². The molecule has 0 saturated heterocycles. The summed E-state index contributed by atoms with van der Waals surface area (Å²) in [6.45, 7) is 3.27. The number of hydrogen-bond donors (Lipinski definition) is 2. The standard InChI is InChI=1S/C30H32ClN3O6/c1-2-38-16-6-15-32-30(37)28(22-10-12-24(31)13-11-22)34(19-21-9-14-25-26(17-21)40-20-39-25)27(35)18-33-29(36)23-7-4-3-5-8-23/h3-5,7-14,17,28H,2,6,15-16,18-20H2,1H3,(H,32,37)(H,33,36)/t28-/m1/s1. The number of ether oxygens (including phenoxy) is 3. The molecule has 2 N–H and O–H groups in total. The van der Waals surface area contributed by atoms with E-state index >= 15 is 0 Å². The molecule has 0 aliphatic carbocycles. The van der Waals surface area contributed by atoms with E-state index in [1.165, 1.54) is 4.90 Å². The Morgan fingerprint density at radius 1 is 0.975 bits per heavy atom. The Morgan fingerprint density at radius 3 is 2.48 bits per heavy atom. The average molecular weight is 566 g/mol. The minimum Gasteiger partial charge on any atom is -0.454 e. The number of hydrogen-bond acceptors (Lipinski definition) is 6. The van der Waals surface area contributed by atoms with Gasteiger partial charge < -0.3 is 29.7 Å². The second-order valence-corrected chi connectivity index (χ2v) is 9.49. The van der Waals surface area contributed by atoms with Crippen LogP contribution in [0.3, 0.4) is 0 Å². The fourth-order valence-electron chi connectivity index (χ4n) is 4.25. The summed E-state index contributed by atoms with van der Waals surface area (Å²) < 4.78 is 16.3. The van der Waals surface area contributed by atoms with Crippen molar-refractivity contribution in [2.45, 2.75) is 25.9 Å². The fourth-order valence-corrected chi connectivity index (χ4v) is 4.38. The van der Waals surface area contributed by atoms with Crippen LogP contribution in [0.15, 0.2) is 72.8 Å². The van der Waals surface area contributed by atoms with E-state index in [9.17, 15) is 14.4 Å². The third-order valence-corrected chi connectivity index (χ3v) is 6.51. The Balaban J connectivity index is 1.61. The molecule has 4 rings (SSSR count). The molecule has 1 heterocycles. The Kier molecular flexibility index (Phi) is 10.4. The summed E-state index contributed by atoms with van der Waals surface area (Å²) in [5, 5.41) is 6.12. The van der Waals surface area contributed by atoms with Gasteiger partial charge in [-0.3, -0.25) is 14.4 Å². The molecule has 40 heavy (non-hydrogen) atoms. The highest BCUT2D eigenvalue weighted by Crippen LogP contribution is 2.34. The zero-order chi connectivity index (χ0) is 28.3. The van der Waals surface area contributed by atoms with Gasteiger partial charge in [0.15, 0.2) is 11.5 Å². The average Bonchev–Trinajstić information content (AvgIpc) is 3.45. The van der Waals surface area contributed by atoms with Crippen LogP contribution in [0.5, 0.6) is 11.5 Å². The minimum atomic E-state index is -0.990. The molecule has 0 bridgehead atoms. The number of fused-ring (bicyclic) bond motifs is 1. The molecule has 1 aliphatic rings. The lowest BCUT2D eigenvalue weighted by Crippen LogP contribution is -2.47. The molecule has 10 heteroatoms. The maximum Gasteiger partial charge on any atom is 0.251 e. The Labute approximate surface area is 238 Å². The molecule has 3 aromatic carbocycles. The van der Waals surface area contributed by atoms with Gasteiger partial charge in [0, 0.05) is 36.9 Å². The summed E-state index contributed by atoms with van der Waals surface area (Å²) in [6, 6.07) is 19.8. The van der Waals surface area contributed by atoms with Gasteiger partial charge >= 0.3 is 0 Å². The zero-order valence-electron chi connectivity index (χ0n) is 22.2. The molecule has 0 spiro atoms. The summed E-state index contributed by atoms with van der Waals surface area (Å²) in [7, 11) is 0. The molecular weight excluding hydrogens is 534 g/mol.